The van der Waals surface area contributed by atoms with Gasteiger partial charge in [-0.25, -0.2) is 4.98 Å². The van der Waals surface area contributed by atoms with Crippen molar-refractivity contribution >= 4 is 17.2 Å². The fourth-order valence-corrected chi connectivity index (χ4v) is 3.37. The van der Waals surface area contributed by atoms with Gasteiger partial charge in [0.15, 0.2) is 0 Å². The third-order valence-electron chi connectivity index (χ3n) is 3.77. The van der Waals surface area contributed by atoms with Crippen LogP contribution in [0, 0.1) is 0 Å². The van der Waals surface area contributed by atoms with E-state index in [1.54, 1.807) is 18.4 Å². The molecule has 122 valence electrons. The van der Waals surface area contributed by atoms with Gasteiger partial charge in [0.05, 0.1) is 12.8 Å². The van der Waals surface area contributed by atoms with E-state index >= 15 is 0 Å². The summed E-state index contributed by atoms with van der Waals surface area (Å²) in [4.78, 5) is 16.5. The molecular weight excluding hydrogens is 312 g/mol. The van der Waals surface area contributed by atoms with Gasteiger partial charge in [0.25, 0.3) is 0 Å². The molecule has 23 heavy (non-hydrogen) atoms. The topological polar surface area (TPSA) is 60.5 Å². The third-order valence-corrected chi connectivity index (χ3v) is 4.71. The van der Waals surface area contributed by atoms with Crippen molar-refractivity contribution < 1.29 is 14.3 Å². The monoisotopic (exact) mass is 332 g/mol. The maximum absolute atomic E-state index is 11.9. The number of methoxy groups -OCH3 is 1. The SMILES string of the molecule is COc1cccc(-c2nc(CCNC(=O)C3CCCO3)cs2)c1. The zero-order chi connectivity index (χ0) is 16.1. The number of benzene rings is 1. The van der Waals surface area contributed by atoms with Crippen LogP contribution in [0.5, 0.6) is 5.75 Å². The number of carbonyl (C=O) groups excluding carboxylic acids is 1. The predicted molar refractivity (Wildman–Crippen MR) is 89.8 cm³/mol. The van der Waals surface area contributed by atoms with Crippen LogP contribution < -0.4 is 10.1 Å². The van der Waals surface area contributed by atoms with Gasteiger partial charge in [-0.05, 0) is 25.0 Å². The largest absolute Gasteiger partial charge is 0.497 e. The van der Waals surface area contributed by atoms with Crippen LogP contribution in [0.2, 0.25) is 0 Å². The Hall–Kier alpha value is -1.92. The Balaban J connectivity index is 1.53. The summed E-state index contributed by atoms with van der Waals surface area (Å²) in [5.41, 5.74) is 2.03. The maximum atomic E-state index is 11.9. The van der Waals surface area contributed by atoms with Crippen molar-refractivity contribution in [1.29, 1.82) is 0 Å². The van der Waals surface area contributed by atoms with Crippen LogP contribution >= 0.6 is 11.3 Å². The van der Waals surface area contributed by atoms with Gasteiger partial charge >= 0.3 is 0 Å². The molecule has 1 amide bonds. The highest BCUT2D eigenvalue weighted by Crippen LogP contribution is 2.26. The summed E-state index contributed by atoms with van der Waals surface area (Å²) in [6, 6.07) is 7.86. The van der Waals surface area contributed by atoms with Crippen molar-refractivity contribution in [2.75, 3.05) is 20.3 Å². The third kappa shape index (κ3) is 4.09. The van der Waals surface area contributed by atoms with E-state index in [1.165, 1.54) is 0 Å². The van der Waals surface area contributed by atoms with Crippen LogP contribution in [0.3, 0.4) is 0 Å². The van der Waals surface area contributed by atoms with Crippen LogP contribution in [0.4, 0.5) is 0 Å². The van der Waals surface area contributed by atoms with E-state index in [2.05, 4.69) is 10.3 Å². The average Bonchev–Trinajstić information content (AvgIpc) is 3.26. The Morgan fingerprint density at radius 2 is 2.43 bits per heavy atom. The molecule has 2 aromatic rings. The summed E-state index contributed by atoms with van der Waals surface area (Å²) in [5.74, 6) is 0.814. The Labute approximate surface area is 139 Å². The highest BCUT2D eigenvalue weighted by Gasteiger charge is 2.22. The van der Waals surface area contributed by atoms with E-state index in [1.807, 2.05) is 29.6 Å². The van der Waals surface area contributed by atoms with Crippen molar-refractivity contribution in [3.05, 3.63) is 35.3 Å². The van der Waals surface area contributed by atoms with Gasteiger partial charge in [-0.15, -0.1) is 11.3 Å². The normalized spacial score (nSPS) is 17.2. The molecule has 1 atom stereocenters. The molecule has 0 bridgehead atoms. The second-order valence-electron chi connectivity index (χ2n) is 5.42. The van der Waals surface area contributed by atoms with Gasteiger partial charge in [0.2, 0.25) is 5.91 Å². The minimum absolute atomic E-state index is 0.00857. The molecule has 0 radical (unpaired) electrons. The molecule has 1 unspecified atom stereocenters. The Bertz CT molecular complexity index is 665. The number of hydrogen-bond donors (Lipinski definition) is 1. The van der Waals surface area contributed by atoms with Crippen LogP contribution in [-0.2, 0) is 16.0 Å². The summed E-state index contributed by atoms with van der Waals surface area (Å²) in [7, 11) is 1.66. The van der Waals surface area contributed by atoms with Crippen LogP contribution in [-0.4, -0.2) is 37.3 Å². The number of thiazole rings is 1. The number of rotatable bonds is 6. The molecule has 1 fully saturated rings. The fourth-order valence-electron chi connectivity index (χ4n) is 2.52. The molecular formula is C17H20N2O3S. The Morgan fingerprint density at radius 1 is 1.52 bits per heavy atom. The molecule has 1 aromatic heterocycles. The lowest BCUT2D eigenvalue weighted by Crippen LogP contribution is -2.35. The van der Waals surface area contributed by atoms with Crippen molar-refractivity contribution in [3.63, 3.8) is 0 Å². The first kappa shape index (κ1) is 16.0. The van der Waals surface area contributed by atoms with Gasteiger partial charge in [-0.2, -0.15) is 0 Å². The van der Waals surface area contributed by atoms with Gasteiger partial charge in [0.1, 0.15) is 16.9 Å². The number of ether oxygens (including phenoxy) is 2. The lowest BCUT2D eigenvalue weighted by molar-refractivity contribution is -0.129. The number of aromatic nitrogens is 1. The molecule has 3 rings (SSSR count). The number of carbonyl (C=O) groups is 1. The van der Waals surface area contributed by atoms with E-state index in [0.717, 1.165) is 41.3 Å². The van der Waals surface area contributed by atoms with Crippen LogP contribution in [0.25, 0.3) is 10.6 Å². The molecule has 1 N–H and O–H groups in total. The average molecular weight is 332 g/mol. The quantitative estimate of drug-likeness (QED) is 0.883. The molecule has 1 aromatic carbocycles. The molecule has 0 spiro atoms. The molecule has 5 nitrogen and oxygen atoms in total. The first-order chi connectivity index (χ1) is 11.3. The van der Waals surface area contributed by atoms with Gasteiger partial charge in [-0.3, -0.25) is 4.79 Å². The zero-order valence-electron chi connectivity index (χ0n) is 13.1. The maximum Gasteiger partial charge on any atom is 0.249 e. The summed E-state index contributed by atoms with van der Waals surface area (Å²) in [6.45, 7) is 1.27. The van der Waals surface area contributed by atoms with Crippen molar-refractivity contribution in [1.82, 2.24) is 10.3 Å². The molecule has 2 heterocycles. The van der Waals surface area contributed by atoms with Gasteiger partial charge in [0, 0.05) is 30.5 Å². The Morgan fingerprint density at radius 3 is 3.22 bits per heavy atom. The summed E-state index contributed by atoms with van der Waals surface area (Å²) in [5, 5.41) is 5.92. The lowest BCUT2D eigenvalue weighted by atomic mass is 10.2. The van der Waals surface area contributed by atoms with Crippen molar-refractivity contribution in [2.24, 2.45) is 0 Å². The first-order valence-electron chi connectivity index (χ1n) is 7.74. The number of nitrogens with zero attached hydrogens (tertiary/aromatic N) is 1. The van der Waals surface area contributed by atoms with E-state index in [4.69, 9.17) is 9.47 Å². The highest BCUT2D eigenvalue weighted by atomic mass is 32.1. The molecule has 0 aliphatic carbocycles. The van der Waals surface area contributed by atoms with E-state index in [9.17, 15) is 4.79 Å². The van der Waals surface area contributed by atoms with E-state index in [-0.39, 0.29) is 12.0 Å². The fraction of sp³-hybridized carbons (Fsp3) is 0.412. The van der Waals surface area contributed by atoms with Gasteiger partial charge in [-0.1, -0.05) is 12.1 Å². The Kier molecular flexibility index (Phi) is 5.25. The van der Waals surface area contributed by atoms with Crippen LogP contribution in [0.15, 0.2) is 29.6 Å². The first-order valence-corrected chi connectivity index (χ1v) is 8.62. The predicted octanol–water partition coefficient (Wildman–Crippen LogP) is 2.66. The smallest absolute Gasteiger partial charge is 0.249 e. The molecule has 1 saturated heterocycles. The molecule has 0 saturated carbocycles. The minimum atomic E-state index is -0.266. The van der Waals surface area contributed by atoms with E-state index < -0.39 is 0 Å². The number of amides is 1. The number of nitrogens with one attached hydrogen (secondary N) is 1. The summed E-state index contributed by atoms with van der Waals surface area (Å²) in [6.07, 6.45) is 2.24. The molecule has 1 aliphatic heterocycles. The van der Waals surface area contributed by atoms with E-state index in [0.29, 0.717) is 13.2 Å². The zero-order valence-corrected chi connectivity index (χ0v) is 13.9. The second kappa shape index (κ2) is 7.57. The standard InChI is InChI=1S/C17H20N2O3S/c1-21-14-5-2-4-12(10-14)17-19-13(11-23-17)7-8-18-16(20)15-6-3-9-22-15/h2,4-5,10-11,15H,3,6-9H2,1H3,(H,18,20). The molecule has 1 aliphatic rings. The van der Waals surface area contributed by atoms with Crippen molar-refractivity contribution in [3.8, 4) is 16.3 Å². The number of hydrogen-bond acceptors (Lipinski definition) is 5. The van der Waals surface area contributed by atoms with Crippen molar-refractivity contribution in [2.45, 2.75) is 25.4 Å². The molecule has 6 heteroatoms. The summed E-state index contributed by atoms with van der Waals surface area (Å²) >= 11 is 1.60. The highest BCUT2D eigenvalue weighted by molar-refractivity contribution is 7.13. The summed E-state index contributed by atoms with van der Waals surface area (Å²) < 4.78 is 10.6. The minimum Gasteiger partial charge on any atom is -0.497 e. The lowest BCUT2D eigenvalue weighted by Gasteiger charge is -2.09. The van der Waals surface area contributed by atoms with Crippen LogP contribution in [0.1, 0.15) is 18.5 Å². The van der Waals surface area contributed by atoms with Gasteiger partial charge < -0.3 is 14.8 Å². The second-order valence-corrected chi connectivity index (χ2v) is 6.28.